The van der Waals surface area contributed by atoms with Crippen LogP contribution in [0.5, 0.6) is 0 Å². The summed E-state index contributed by atoms with van der Waals surface area (Å²) < 4.78 is 0. The average Bonchev–Trinajstić information content (AvgIpc) is 3.31. The van der Waals surface area contributed by atoms with Crippen molar-refractivity contribution in [2.75, 3.05) is 13.1 Å². The predicted molar refractivity (Wildman–Crippen MR) is 101 cm³/mol. The second kappa shape index (κ2) is 6.76. The normalized spacial score (nSPS) is 10.9. The standard InChI is InChI=1S/C20H18N4O2/c25-19(15-5-3-7-17-14(15)8-9-21-17)22-10-11-23-20(26)16-12-24-18-6-2-1-4-13(16)18/h1-9,12,21,24H,10-11H2,(H,22,25)(H,23,26). The molecule has 4 aromatic rings. The van der Waals surface area contributed by atoms with E-state index in [4.69, 9.17) is 0 Å². The van der Waals surface area contributed by atoms with Crippen LogP contribution in [0.4, 0.5) is 0 Å². The van der Waals surface area contributed by atoms with Crippen LogP contribution in [0.15, 0.2) is 60.9 Å². The first-order valence-corrected chi connectivity index (χ1v) is 8.42. The zero-order valence-corrected chi connectivity index (χ0v) is 14.0. The fourth-order valence-corrected chi connectivity index (χ4v) is 3.09. The second-order valence-corrected chi connectivity index (χ2v) is 6.00. The van der Waals surface area contributed by atoms with E-state index in [-0.39, 0.29) is 11.8 Å². The molecule has 0 fully saturated rings. The summed E-state index contributed by atoms with van der Waals surface area (Å²) in [5.74, 6) is -0.319. The van der Waals surface area contributed by atoms with Gasteiger partial charge in [0.1, 0.15) is 0 Å². The number of nitrogens with one attached hydrogen (secondary N) is 4. The highest BCUT2D eigenvalue weighted by atomic mass is 16.2. The van der Waals surface area contributed by atoms with E-state index >= 15 is 0 Å². The molecule has 26 heavy (non-hydrogen) atoms. The van der Waals surface area contributed by atoms with Gasteiger partial charge >= 0.3 is 0 Å². The van der Waals surface area contributed by atoms with Gasteiger partial charge in [0, 0.05) is 52.9 Å². The molecule has 6 heteroatoms. The number of hydrogen-bond donors (Lipinski definition) is 4. The predicted octanol–water partition coefficient (Wildman–Crippen LogP) is 2.81. The van der Waals surface area contributed by atoms with Gasteiger partial charge in [0.05, 0.1) is 5.56 Å². The molecule has 0 bridgehead atoms. The molecule has 6 nitrogen and oxygen atoms in total. The Kier molecular flexibility index (Phi) is 4.15. The van der Waals surface area contributed by atoms with E-state index in [1.807, 2.05) is 48.7 Å². The molecule has 130 valence electrons. The molecule has 2 amide bonds. The molecule has 0 aliphatic carbocycles. The Hall–Kier alpha value is -3.54. The SMILES string of the molecule is O=C(NCCNC(=O)c1c[nH]c2ccccc12)c1cccc2[nH]ccc12. The highest BCUT2D eigenvalue weighted by molar-refractivity contribution is 6.07. The quantitative estimate of drug-likeness (QED) is 0.419. The lowest BCUT2D eigenvalue weighted by atomic mass is 10.1. The first kappa shape index (κ1) is 16.0. The van der Waals surface area contributed by atoms with Crippen molar-refractivity contribution < 1.29 is 9.59 Å². The number of aromatic amines is 2. The minimum atomic E-state index is -0.163. The van der Waals surface area contributed by atoms with Gasteiger partial charge < -0.3 is 20.6 Å². The highest BCUT2D eigenvalue weighted by Crippen LogP contribution is 2.18. The molecular weight excluding hydrogens is 328 g/mol. The molecule has 4 N–H and O–H groups in total. The van der Waals surface area contributed by atoms with Gasteiger partial charge in [-0.05, 0) is 24.3 Å². The third kappa shape index (κ3) is 2.93. The number of benzene rings is 2. The molecule has 0 saturated carbocycles. The van der Waals surface area contributed by atoms with E-state index in [0.29, 0.717) is 24.2 Å². The molecule has 0 saturated heterocycles. The number of rotatable bonds is 5. The minimum absolute atomic E-state index is 0.156. The molecular formula is C20H18N4O2. The number of fused-ring (bicyclic) bond motifs is 2. The number of para-hydroxylation sites is 1. The Morgan fingerprint density at radius 2 is 1.38 bits per heavy atom. The minimum Gasteiger partial charge on any atom is -0.361 e. The molecule has 2 heterocycles. The van der Waals surface area contributed by atoms with Crippen LogP contribution in [0.3, 0.4) is 0 Å². The van der Waals surface area contributed by atoms with Crippen LogP contribution in [0, 0.1) is 0 Å². The molecule has 4 rings (SSSR count). The summed E-state index contributed by atoms with van der Waals surface area (Å²) in [5.41, 5.74) is 3.06. The summed E-state index contributed by atoms with van der Waals surface area (Å²) in [6.07, 6.45) is 3.51. The maximum Gasteiger partial charge on any atom is 0.253 e. The van der Waals surface area contributed by atoms with Crippen LogP contribution in [0.1, 0.15) is 20.7 Å². The number of H-pyrrole nitrogens is 2. The van der Waals surface area contributed by atoms with Gasteiger partial charge in [-0.2, -0.15) is 0 Å². The third-order valence-corrected chi connectivity index (χ3v) is 4.37. The van der Waals surface area contributed by atoms with E-state index < -0.39 is 0 Å². The molecule has 0 unspecified atom stereocenters. The van der Waals surface area contributed by atoms with Crippen LogP contribution in [-0.4, -0.2) is 34.9 Å². The molecule has 0 aliphatic heterocycles. The number of carbonyl (C=O) groups is 2. The van der Waals surface area contributed by atoms with E-state index in [1.165, 1.54) is 0 Å². The van der Waals surface area contributed by atoms with Gasteiger partial charge in [0.15, 0.2) is 0 Å². The summed E-state index contributed by atoms with van der Waals surface area (Å²) in [5, 5.41) is 7.44. The number of carbonyl (C=O) groups excluding carboxylic acids is 2. The summed E-state index contributed by atoms with van der Waals surface area (Å²) in [7, 11) is 0. The Bertz CT molecular complexity index is 1090. The first-order chi connectivity index (χ1) is 12.7. The van der Waals surface area contributed by atoms with Crippen LogP contribution >= 0.6 is 0 Å². The summed E-state index contributed by atoms with van der Waals surface area (Å²) in [6.45, 7) is 0.709. The van der Waals surface area contributed by atoms with Crippen molar-refractivity contribution in [2.24, 2.45) is 0 Å². The Balaban J connectivity index is 1.34. The van der Waals surface area contributed by atoms with Crippen LogP contribution in [0.2, 0.25) is 0 Å². The molecule has 0 radical (unpaired) electrons. The second-order valence-electron chi connectivity index (χ2n) is 6.00. The van der Waals surface area contributed by atoms with Gasteiger partial charge in [-0.3, -0.25) is 9.59 Å². The third-order valence-electron chi connectivity index (χ3n) is 4.37. The lowest BCUT2D eigenvalue weighted by Crippen LogP contribution is -2.34. The number of aromatic nitrogens is 2. The Labute approximate surface area is 149 Å². The van der Waals surface area contributed by atoms with Crippen molar-refractivity contribution in [2.45, 2.75) is 0 Å². The summed E-state index contributed by atoms with van der Waals surface area (Å²) in [4.78, 5) is 30.9. The van der Waals surface area contributed by atoms with Crippen LogP contribution in [0.25, 0.3) is 21.8 Å². The summed E-state index contributed by atoms with van der Waals surface area (Å²) >= 11 is 0. The fraction of sp³-hybridized carbons (Fsp3) is 0.100. The first-order valence-electron chi connectivity index (χ1n) is 8.42. The van der Waals surface area contributed by atoms with Gasteiger partial charge in [-0.15, -0.1) is 0 Å². The van der Waals surface area contributed by atoms with Crippen molar-refractivity contribution in [3.63, 3.8) is 0 Å². The van der Waals surface area contributed by atoms with Crippen molar-refractivity contribution in [3.05, 3.63) is 72.1 Å². The van der Waals surface area contributed by atoms with E-state index in [9.17, 15) is 9.59 Å². The van der Waals surface area contributed by atoms with E-state index in [2.05, 4.69) is 20.6 Å². The zero-order valence-electron chi connectivity index (χ0n) is 14.0. The summed E-state index contributed by atoms with van der Waals surface area (Å²) in [6, 6.07) is 15.1. The Morgan fingerprint density at radius 1 is 0.731 bits per heavy atom. The van der Waals surface area contributed by atoms with E-state index in [1.54, 1.807) is 12.3 Å². The van der Waals surface area contributed by atoms with Crippen molar-refractivity contribution in [1.82, 2.24) is 20.6 Å². The monoisotopic (exact) mass is 346 g/mol. The maximum atomic E-state index is 12.4. The van der Waals surface area contributed by atoms with Gasteiger partial charge in [0.2, 0.25) is 0 Å². The van der Waals surface area contributed by atoms with E-state index in [0.717, 1.165) is 21.8 Å². The lowest BCUT2D eigenvalue weighted by Gasteiger charge is -2.08. The lowest BCUT2D eigenvalue weighted by molar-refractivity contribution is 0.0929. The average molecular weight is 346 g/mol. The van der Waals surface area contributed by atoms with Gasteiger partial charge in [-0.1, -0.05) is 24.3 Å². The van der Waals surface area contributed by atoms with Crippen LogP contribution < -0.4 is 10.6 Å². The van der Waals surface area contributed by atoms with Crippen molar-refractivity contribution >= 4 is 33.6 Å². The van der Waals surface area contributed by atoms with Gasteiger partial charge in [-0.25, -0.2) is 0 Å². The fourth-order valence-electron chi connectivity index (χ4n) is 3.09. The highest BCUT2D eigenvalue weighted by Gasteiger charge is 2.12. The largest absolute Gasteiger partial charge is 0.361 e. The molecule has 0 atom stereocenters. The van der Waals surface area contributed by atoms with Crippen molar-refractivity contribution in [3.8, 4) is 0 Å². The molecule has 0 spiro atoms. The molecule has 2 aromatic carbocycles. The van der Waals surface area contributed by atoms with Crippen molar-refractivity contribution in [1.29, 1.82) is 0 Å². The number of amides is 2. The molecule has 0 aliphatic rings. The maximum absolute atomic E-state index is 12.4. The van der Waals surface area contributed by atoms with Crippen LogP contribution in [-0.2, 0) is 0 Å². The molecule has 2 aromatic heterocycles. The van der Waals surface area contributed by atoms with Gasteiger partial charge in [0.25, 0.3) is 11.8 Å². The zero-order chi connectivity index (χ0) is 17.9. The topological polar surface area (TPSA) is 89.8 Å². The number of hydrogen-bond acceptors (Lipinski definition) is 2. The smallest absolute Gasteiger partial charge is 0.253 e. The Morgan fingerprint density at radius 3 is 2.23 bits per heavy atom.